The summed E-state index contributed by atoms with van der Waals surface area (Å²) in [5, 5.41) is 4.55. The molecule has 27 heavy (non-hydrogen) atoms. The predicted molar refractivity (Wildman–Crippen MR) is 106 cm³/mol. The lowest BCUT2D eigenvalue weighted by Crippen LogP contribution is -2.31. The van der Waals surface area contributed by atoms with Crippen LogP contribution in [0, 0.1) is 6.92 Å². The van der Waals surface area contributed by atoms with E-state index in [0.717, 1.165) is 50.5 Å². The second-order valence-corrected chi connectivity index (χ2v) is 7.25. The van der Waals surface area contributed by atoms with E-state index in [1.807, 2.05) is 29.2 Å². The first-order valence-electron chi connectivity index (χ1n) is 9.61. The van der Waals surface area contributed by atoms with Crippen LogP contribution in [-0.2, 0) is 17.8 Å². The van der Waals surface area contributed by atoms with Crippen LogP contribution < -0.4 is 0 Å². The molecule has 5 heteroatoms. The molecule has 0 unspecified atom stereocenters. The SMILES string of the molecule is Cc1ccc(-n2cc(CN(Cc3ccccn3)C[C@@H]3CCCO3)cn2)cc1. The Morgan fingerprint density at radius 2 is 2.04 bits per heavy atom. The van der Waals surface area contributed by atoms with Crippen molar-refractivity contribution >= 4 is 0 Å². The minimum Gasteiger partial charge on any atom is -0.377 e. The minimum atomic E-state index is 0.320. The Morgan fingerprint density at radius 3 is 2.78 bits per heavy atom. The molecule has 140 valence electrons. The third kappa shape index (κ3) is 4.81. The summed E-state index contributed by atoms with van der Waals surface area (Å²) < 4.78 is 7.81. The molecule has 0 aliphatic carbocycles. The number of hydrogen-bond acceptors (Lipinski definition) is 4. The molecule has 5 nitrogen and oxygen atoms in total. The molecule has 0 saturated carbocycles. The molecule has 0 bridgehead atoms. The molecule has 1 fully saturated rings. The highest BCUT2D eigenvalue weighted by Crippen LogP contribution is 2.17. The van der Waals surface area contributed by atoms with Gasteiger partial charge in [0.1, 0.15) is 0 Å². The third-order valence-corrected chi connectivity index (χ3v) is 4.94. The number of aromatic nitrogens is 3. The highest BCUT2D eigenvalue weighted by atomic mass is 16.5. The van der Waals surface area contributed by atoms with Gasteiger partial charge in [0.25, 0.3) is 0 Å². The summed E-state index contributed by atoms with van der Waals surface area (Å²) in [6.07, 6.45) is 8.55. The lowest BCUT2D eigenvalue weighted by molar-refractivity contribution is 0.0675. The van der Waals surface area contributed by atoms with Crippen molar-refractivity contribution < 1.29 is 4.74 Å². The number of pyridine rings is 1. The lowest BCUT2D eigenvalue weighted by atomic mass is 10.2. The van der Waals surface area contributed by atoms with E-state index >= 15 is 0 Å². The van der Waals surface area contributed by atoms with Gasteiger partial charge in [-0.3, -0.25) is 9.88 Å². The topological polar surface area (TPSA) is 43.2 Å². The van der Waals surface area contributed by atoms with Gasteiger partial charge in [0.15, 0.2) is 0 Å². The fourth-order valence-electron chi connectivity index (χ4n) is 3.52. The summed E-state index contributed by atoms with van der Waals surface area (Å²) in [6, 6.07) is 14.5. The van der Waals surface area contributed by atoms with Gasteiger partial charge >= 0.3 is 0 Å². The standard InChI is InChI=1S/C22H26N4O/c1-18-7-9-21(10-8-18)26-15-19(13-24-26)14-25(17-22-6-4-12-27-22)16-20-5-2-3-11-23-20/h2-3,5,7-11,13,15,22H,4,6,12,14,16-17H2,1H3/t22-/m0/s1. The van der Waals surface area contributed by atoms with E-state index in [2.05, 4.69) is 58.4 Å². The van der Waals surface area contributed by atoms with Crippen LogP contribution in [0.3, 0.4) is 0 Å². The quantitative estimate of drug-likeness (QED) is 0.642. The van der Waals surface area contributed by atoms with Crippen molar-refractivity contribution in [2.45, 2.75) is 39.0 Å². The molecule has 0 amide bonds. The summed E-state index contributed by atoms with van der Waals surface area (Å²) in [6.45, 7) is 5.55. The van der Waals surface area contributed by atoms with Gasteiger partial charge in [-0.1, -0.05) is 23.8 Å². The van der Waals surface area contributed by atoms with E-state index in [9.17, 15) is 0 Å². The van der Waals surface area contributed by atoms with E-state index in [1.54, 1.807) is 0 Å². The molecule has 1 aliphatic rings. The van der Waals surface area contributed by atoms with Crippen LogP contribution in [0.5, 0.6) is 0 Å². The molecule has 4 rings (SSSR count). The van der Waals surface area contributed by atoms with Gasteiger partial charge < -0.3 is 4.74 Å². The van der Waals surface area contributed by atoms with Gasteiger partial charge in [0.2, 0.25) is 0 Å². The molecule has 1 saturated heterocycles. The molecule has 0 spiro atoms. The molecule has 0 radical (unpaired) electrons. The number of aryl methyl sites for hydroxylation is 1. The first kappa shape index (κ1) is 17.9. The average molecular weight is 362 g/mol. The van der Waals surface area contributed by atoms with E-state index in [1.165, 1.54) is 11.1 Å². The zero-order valence-electron chi connectivity index (χ0n) is 15.8. The molecule has 1 atom stereocenters. The largest absolute Gasteiger partial charge is 0.377 e. The molecule has 1 aromatic carbocycles. The molecule has 0 N–H and O–H groups in total. The van der Waals surface area contributed by atoms with Crippen LogP contribution >= 0.6 is 0 Å². The van der Waals surface area contributed by atoms with Gasteiger partial charge in [0, 0.05) is 44.2 Å². The lowest BCUT2D eigenvalue weighted by Gasteiger charge is -2.24. The zero-order valence-corrected chi connectivity index (χ0v) is 15.8. The Labute approximate surface area is 160 Å². The van der Waals surface area contributed by atoms with Crippen LogP contribution in [0.4, 0.5) is 0 Å². The minimum absolute atomic E-state index is 0.320. The molecule has 3 heterocycles. The number of ether oxygens (including phenoxy) is 1. The van der Waals surface area contributed by atoms with Crippen LogP contribution in [0.25, 0.3) is 5.69 Å². The molecule has 1 aliphatic heterocycles. The molecular weight excluding hydrogens is 336 g/mol. The monoisotopic (exact) mass is 362 g/mol. The second kappa shape index (κ2) is 8.46. The maximum Gasteiger partial charge on any atom is 0.0703 e. The normalized spacial score (nSPS) is 16.9. The Kier molecular flexibility index (Phi) is 5.61. The van der Waals surface area contributed by atoms with Crippen molar-refractivity contribution in [3.05, 3.63) is 77.9 Å². The van der Waals surface area contributed by atoms with E-state index in [-0.39, 0.29) is 0 Å². The Balaban J connectivity index is 1.47. The van der Waals surface area contributed by atoms with Gasteiger partial charge in [-0.05, 0) is 44.0 Å². The maximum atomic E-state index is 5.86. The summed E-state index contributed by atoms with van der Waals surface area (Å²) in [4.78, 5) is 6.90. The van der Waals surface area contributed by atoms with Crippen molar-refractivity contribution in [1.29, 1.82) is 0 Å². The summed E-state index contributed by atoms with van der Waals surface area (Å²) >= 11 is 0. The molecular formula is C22H26N4O. The number of benzene rings is 1. The van der Waals surface area contributed by atoms with Crippen molar-refractivity contribution in [2.24, 2.45) is 0 Å². The third-order valence-electron chi connectivity index (χ3n) is 4.94. The van der Waals surface area contributed by atoms with Crippen LogP contribution in [0.15, 0.2) is 61.1 Å². The maximum absolute atomic E-state index is 5.86. The van der Waals surface area contributed by atoms with Crippen LogP contribution in [0.2, 0.25) is 0 Å². The van der Waals surface area contributed by atoms with Gasteiger partial charge in [-0.25, -0.2) is 4.68 Å². The first-order chi connectivity index (χ1) is 13.3. The zero-order chi connectivity index (χ0) is 18.5. The fraction of sp³-hybridized carbons (Fsp3) is 0.364. The summed E-state index contributed by atoms with van der Waals surface area (Å²) in [7, 11) is 0. The highest BCUT2D eigenvalue weighted by molar-refractivity contribution is 5.34. The fourth-order valence-corrected chi connectivity index (χ4v) is 3.52. The van der Waals surface area contributed by atoms with Crippen molar-refractivity contribution in [3.63, 3.8) is 0 Å². The Hall–Kier alpha value is -2.50. The highest BCUT2D eigenvalue weighted by Gasteiger charge is 2.20. The second-order valence-electron chi connectivity index (χ2n) is 7.25. The summed E-state index contributed by atoms with van der Waals surface area (Å²) in [5.41, 5.74) is 4.62. The summed E-state index contributed by atoms with van der Waals surface area (Å²) in [5.74, 6) is 0. The Bertz CT molecular complexity index is 838. The van der Waals surface area contributed by atoms with Crippen molar-refractivity contribution in [3.8, 4) is 5.69 Å². The molecule has 2 aromatic heterocycles. The molecule has 3 aromatic rings. The van der Waals surface area contributed by atoms with Gasteiger partial charge in [-0.15, -0.1) is 0 Å². The van der Waals surface area contributed by atoms with E-state index in [0.29, 0.717) is 6.10 Å². The van der Waals surface area contributed by atoms with Crippen molar-refractivity contribution in [2.75, 3.05) is 13.2 Å². The first-order valence-corrected chi connectivity index (χ1v) is 9.61. The number of nitrogens with zero attached hydrogens (tertiary/aromatic N) is 4. The average Bonchev–Trinajstić information content (AvgIpc) is 3.35. The smallest absolute Gasteiger partial charge is 0.0703 e. The predicted octanol–water partition coefficient (Wildman–Crippen LogP) is 3.76. The number of rotatable bonds is 7. The van der Waals surface area contributed by atoms with Crippen LogP contribution in [0.1, 0.15) is 29.7 Å². The van der Waals surface area contributed by atoms with Crippen molar-refractivity contribution in [1.82, 2.24) is 19.7 Å². The van der Waals surface area contributed by atoms with E-state index < -0.39 is 0 Å². The Morgan fingerprint density at radius 1 is 1.15 bits per heavy atom. The van der Waals surface area contributed by atoms with Crippen LogP contribution in [-0.4, -0.2) is 38.9 Å². The van der Waals surface area contributed by atoms with Gasteiger partial charge in [0.05, 0.1) is 23.7 Å². The number of hydrogen-bond donors (Lipinski definition) is 0. The van der Waals surface area contributed by atoms with E-state index in [4.69, 9.17) is 4.74 Å². The van der Waals surface area contributed by atoms with Gasteiger partial charge in [-0.2, -0.15) is 5.10 Å².